The van der Waals surface area contributed by atoms with E-state index in [2.05, 4.69) is 5.32 Å². The highest BCUT2D eigenvalue weighted by Crippen LogP contribution is 2.23. The van der Waals surface area contributed by atoms with Crippen molar-refractivity contribution in [1.29, 1.82) is 0 Å². The summed E-state index contributed by atoms with van der Waals surface area (Å²) in [5.74, 6) is 0.0536. The number of phenolic OH excluding ortho intramolecular Hbond substituents is 1. The SMILES string of the molecule is COc1ccc(S(=O)(=O)N(CC(C)C)C[C@@H](O)C(Cc2ccccc2)NC(=O)c2cccc(O)c2C)cc1. The van der Waals surface area contributed by atoms with E-state index < -0.39 is 28.1 Å². The van der Waals surface area contributed by atoms with Gasteiger partial charge < -0.3 is 20.3 Å². The first kappa shape index (κ1) is 29.2. The minimum Gasteiger partial charge on any atom is -0.508 e. The third kappa shape index (κ3) is 7.34. The molecule has 0 radical (unpaired) electrons. The van der Waals surface area contributed by atoms with Crippen LogP contribution in [0.2, 0.25) is 0 Å². The molecule has 3 rings (SSSR count). The number of carbonyl (C=O) groups excluding carboxylic acids is 1. The number of aliphatic hydroxyl groups excluding tert-OH is 1. The van der Waals surface area contributed by atoms with Gasteiger partial charge in [0.1, 0.15) is 11.5 Å². The molecule has 0 aliphatic rings. The van der Waals surface area contributed by atoms with Gasteiger partial charge >= 0.3 is 0 Å². The number of rotatable bonds is 12. The van der Waals surface area contributed by atoms with Crippen LogP contribution >= 0.6 is 0 Å². The fraction of sp³-hybridized carbons (Fsp3) is 0.345. The molecule has 3 aromatic rings. The van der Waals surface area contributed by atoms with E-state index in [0.717, 1.165) is 5.56 Å². The van der Waals surface area contributed by atoms with Crippen molar-refractivity contribution in [2.45, 2.75) is 44.2 Å². The van der Waals surface area contributed by atoms with Crippen LogP contribution in [0.4, 0.5) is 0 Å². The zero-order valence-corrected chi connectivity index (χ0v) is 23.0. The first-order valence-electron chi connectivity index (χ1n) is 12.5. The van der Waals surface area contributed by atoms with Crippen molar-refractivity contribution >= 4 is 15.9 Å². The number of ether oxygens (including phenoxy) is 1. The van der Waals surface area contributed by atoms with Crippen LogP contribution in [0.25, 0.3) is 0 Å². The quantitative estimate of drug-likeness (QED) is 0.322. The number of hydrogen-bond donors (Lipinski definition) is 3. The number of nitrogens with one attached hydrogen (secondary N) is 1. The van der Waals surface area contributed by atoms with Crippen LogP contribution in [0, 0.1) is 12.8 Å². The molecule has 0 saturated heterocycles. The van der Waals surface area contributed by atoms with Crippen LogP contribution in [0.1, 0.15) is 35.3 Å². The number of nitrogens with zero attached hydrogens (tertiary/aromatic N) is 1. The van der Waals surface area contributed by atoms with Crippen molar-refractivity contribution in [3.8, 4) is 11.5 Å². The molecule has 1 amide bonds. The number of amides is 1. The predicted molar refractivity (Wildman–Crippen MR) is 147 cm³/mol. The van der Waals surface area contributed by atoms with E-state index in [-0.39, 0.29) is 41.6 Å². The molecule has 3 N–H and O–H groups in total. The fourth-order valence-electron chi connectivity index (χ4n) is 4.18. The minimum absolute atomic E-state index is 0.00710. The average Bonchev–Trinajstić information content (AvgIpc) is 2.89. The number of sulfonamides is 1. The van der Waals surface area contributed by atoms with Crippen LogP contribution in [0.15, 0.2) is 77.7 Å². The molecule has 0 spiro atoms. The average molecular weight is 541 g/mol. The Labute approximate surface area is 224 Å². The highest BCUT2D eigenvalue weighted by molar-refractivity contribution is 7.89. The van der Waals surface area contributed by atoms with Gasteiger partial charge in [0.2, 0.25) is 10.0 Å². The topological polar surface area (TPSA) is 116 Å². The first-order valence-corrected chi connectivity index (χ1v) is 13.9. The second-order valence-electron chi connectivity index (χ2n) is 9.68. The van der Waals surface area contributed by atoms with Crippen molar-refractivity contribution in [2.75, 3.05) is 20.2 Å². The number of aromatic hydroxyl groups is 1. The molecule has 9 heteroatoms. The van der Waals surface area contributed by atoms with Crippen molar-refractivity contribution < 1.29 is 28.2 Å². The Morgan fingerprint density at radius 2 is 1.63 bits per heavy atom. The molecule has 0 aliphatic heterocycles. The maximum absolute atomic E-state index is 13.6. The Bertz CT molecular complexity index is 1310. The fourth-order valence-corrected chi connectivity index (χ4v) is 5.80. The largest absolute Gasteiger partial charge is 0.508 e. The summed E-state index contributed by atoms with van der Waals surface area (Å²) in [6, 6.07) is 19.3. The number of aliphatic hydroxyl groups is 1. The number of hydrogen-bond acceptors (Lipinski definition) is 6. The molecule has 204 valence electrons. The van der Waals surface area contributed by atoms with Gasteiger partial charge in [0.05, 0.1) is 24.2 Å². The molecule has 0 saturated carbocycles. The lowest BCUT2D eigenvalue weighted by molar-refractivity contribution is 0.0775. The van der Waals surface area contributed by atoms with E-state index in [1.54, 1.807) is 31.2 Å². The standard InChI is InChI=1S/C29H36N2O6S/c1-20(2)18-31(38(35,36)24-15-13-23(37-4)14-16-24)19-28(33)26(17-22-9-6-5-7-10-22)30-29(34)25-11-8-12-27(32)21(25)3/h5-16,20,26,28,32-33H,17-19H2,1-4H3,(H,30,34)/t26?,28-/m1/s1. The number of phenols is 1. The Morgan fingerprint density at radius 3 is 2.24 bits per heavy atom. The summed E-state index contributed by atoms with van der Waals surface area (Å²) in [6.45, 7) is 5.40. The Kier molecular flexibility index (Phi) is 9.90. The van der Waals surface area contributed by atoms with E-state index in [4.69, 9.17) is 4.74 Å². The van der Waals surface area contributed by atoms with E-state index in [9.17, 15) is 23.4 Å². The maximum atomic E-state index is 13.6. The van der Waals surface area contributed by atoms with Crippen molar-refractivity contribution in [3.63, 3.8) is 0 Å². The Morgan fingerprint density at radius 1 is 0.974 bits per heavy atom. The molecule has 3 aromatic carbocycles. The lowest BCUT2D eigenvalue weighted by atomic mass is 9.99. The summed E-state index contributed by atoms with van der Waals surface area (Å²) in [6.07, 6.45) is -0.937. The zero-order valence-electron chi connectivity index (χ0n) is 22.2. The van der Waals surface area contributed by atoms with Crippen molar-refractivity contribution in [2.24, 2.45) is 5.92 Å². The van der Waals surface area contributed by atoms with E-state index in [0.29, 0.717) is 11.3 Å². The highest BCUT2D eigenvalue weighted by atomic mass is 32.2. The maximum Gasteiger partial charge on any atom is 0.252 e. The van der Waals surface area contributed by atoms with E-state index in [1.165, 1.54) is 29.6 Å². The Balaban J connectivity index is 1.91. The van der Waals surface area contributed by atoms with Gasteiger partial charge in [-0.05, 0) is 61.2 Å². The number of methoxy groups -OCH3 is 1. The van der Waals surface area contributed by atoms with Crippen LogP contribution in [0.5, 0.6) is 11.5 Å². The molecule has 2 atom stereocenters. The highest BCUT2D eigenvalue weighted by Gasteiger charge is 2.31. The summed E-state index contributed by atoms with van der Waals surface area (Å²) < 4.78 is 33.5. The van der Waals surface area contributed by atoms with Gasteiger partial charge in [-0.1, -0.05) is 50.2 Å². The summed E-state index contributed by atoms with van der Waals surface area (Å²) >= 11 is 0. The molecule has 0 heterocycles. The molecular formula is C29H36N2O6S. The van der Waals surface area contributed by atoms with Crippen molar-refractivity contribution in [3.05, 3.63) is 89.5 Å². The lowest BCUT2D eigenvalue weighted by Crippen LogP contribution is -2.51. The third-order valence-corrected chi connectivity index (χ3v) is 8.13. The first-order chi connectivity index (χ1) is 18.0. The molecule has 38 heavy (non-hydrogen) atoms. The van der Waals surface area contributed by atoms with Gasteiger partial charge in [-0.15, -0.1) is 0 Å². The molecule has 0 aromatic heterocycles. The number of carbonyl (C=O) groups is 1. The van der Waals surface area contributed by atoms with E-state index >= 15 is 0 Å². The second-order valence-corrected chi connectivity index (χ2v) is 11.6. The predicted octanol–water partition coefficient (Wildman–Crippen LogP) is 3.76. The van der Waals surface area contributed by atoms with Gasteiger partial charge in [0.25, 0.3) is 5.91 Å². The molecule has 0 bridgehead atoms. The molecule has 0 fully saturated rings. The summed E-state index contributed by atoms with van der Waals surface area (Å²) in [7, 11) is -2.44. The van der Waals surface area contributed by atoms with E-state index in [1.807, 2.05) is 44.2 Å². The van der Waals surface area contributed by atoms with Gasteiger partial charge in [-0.3, -0.25) is 4.79 Å². The van der Waals surface area contributed by atoms with Gasteiger partial charge in [-0.25, -0.2) is 8.42 Å². The molecular weight excluding hydrogens is 504 g/mol. The van der Waals surface area contributed by atoms with Crippen molar-refractivity contribution in [1.82, 2.24) is 9.62 Å². The van der Waals surface area contributed by atoms with Crippen LogP contribution in [0.3, 0.4) is 0 Å². The molecule has 0 aliphatic carbocycles. The van der Waals surface area contributed by atoms with Gasteiger partial charge in [-0.2, -0.15) is 4.31 Å². The molecule has 8 nitrogen and oxygen atoms in total. The van der Waals surface area contributed by atoms with Crippen LogP contribution in [-0.2, 0) is 16.4 Å². The molecule has 1 unspecified atom stereocenters. The normalized spacial score (nSPS) is 13.3. The third-order valence-electron chi connectivity index (χ3n) is 6.29. The van der Waals surface area contributed by atoms with Crippen LogP contribution in [-0.4, -0.2) is 61.2 Å². The second kappa shape index (κ2) is 12.9. The lowest BCUT2D eigenvalue weighted by Gasteiger charge is -2.31. The summed E-state index contributed by atoms with van der Waals surface area (Å²) in [5, 5.41) is 24.3. The minimum atomic E-state index is -3.94. The Hall–Kier alpha value is -3.40. The number of benzene rings is 3. The van der Waals surface area contributed by atoms with Gasteiger partial charge in [0.15, 0.2) is 0 Å². The summed E-state index contributed by atoms with van der Waals surface area (Å²) in [5.41, 5.74) is 1.57. The zero-order chi connectivity index (χ0) is 27.9. The smallest absolute Gasteiger partial charge is 0.252 e. The van der Waals surface area contributed by atoms with Gasteiger partial charge in [0, 0.05) is 24.2 Å². The summed E-state index contributed by atoms with van der Waals surface area (Å²) in [4.78, 5) is 13.3. The monoisotopic (exact) mass is 540 g/mol. The van der Waals surface area contributed by atoms with Crippen LogP contribution < -0.4 is 10.1 Å².